The van der Waals surface area contributed by atoms with Gasteiger partial charge in [0.2, 0.25) is 0 Å². The van der Waals surface area contributed by atoms with Gasteiger partial charge in [-0.25, -0.2) is 4.39 Å². The van der Waals surface area contributed by atoms with Gasteiger partial charge in [0.15, 0.2) is 6.29 Å². The average Bonchev–Trinajstić information content (AvgIpc) is 2.23. The molecule has 0 aliphatic rings. The lowest BCUT2D eigenvalue weighted by Gasteiger charge is -2.37. The van der Waals surface area contributed by atoms with E-state index >= 15 is 0 Å². The summed E-state index contributed by atoms with van der Waals surface area (Å²) in [6.45, 7) is 10.4. The normalized spacial score (nSPS) is 12.4. The SMILES string of the molecule is CC(C)(C)[Si](C)(C)Oc1c(C=O)ccc(F)c1Br. The number of hydrogen-bond donors (Lipinski definition) is 0. The number of rotatable bonds is 3. The van der Waals surface area contributed by atoms with Gasteiger partial charge in [0, 0.05) is 0 Å². The van der Waals surface area contributed by atoms with Gasteiger partial charge in [0.25, 0.3) is 8.32 Å². The molecule has 0 aliphatic heterocycles. The molecule has 0 radical (unpaired) electrons. The summed E-state index contributed by atoms with van der Waals surface area (Å²) in [4.78, 5) is 11.0. The molecule has 0 atom stereocenters. The van der Waals surface area contributed by atoms with Crippen LogP contribution in [0.25, 0.3) is 0 Å². The smallest absolute Gasteiger partial charge is 0.250 e. The highest BCUT2D eigenvalue weighted by molar-refractivity contribution is 9.10. The van der Waals surface area contributed by atoms with Crippen LogP contribution < -0.4 is 4.43 Å². The molecule has 2 nitrogen and oxygen atoms in total. The highest BCUT2D eigenvalue weighted by Gasteiger charge is 2.40. The first-order valence-electron chi connectivity index (χ1n) is 5.72. The minimum Gasteiger partial charge on any atom is -0.542 e. The summed E-state index contributed by atoms with van der Waals surface area (Å²) in [5, 5.41) is -0.0150. The molecule has 0 aromatic heterocycles. The van der Waals surface area contributed by atoms with Gasteiger partial charge in [-0.2, -0.15) is 0 Å². The second-order valence-electron chi connectivity index (χ2n) is 5.76. The van der Waals surface area contributed by atoms with Crippen LogP contribution in [0.3, 0.4) is 0 Å². The number of benzene rings is 1. The van der Waals surface area contributed by atoms with Crippen LogP contribution >= 0.6 is 15.9 Å². The minimum atomic E-state index is -2.10. The Balaban J connectivity index is 3.26. The van der Waals surface area contributed by atoms with Gasteiger partial charge in [0.1, 0.15) is 11.6 Å². The first-order valence-corrected chi connectivity index (χ1v) is 9.42. The number of hydrogen-bond acceptors (Lipinski definition) is 2. The molecule has 100 valence electrons. The van der Waals surface area contributed by atoms with E-state index < -0.39 is 14.1 Å². The zero-order valence-electron chi connectivity index (χ0n) is 11.3. The largest absolute Gasteiger partial charge is 0.542 e. The van der Waals surface area contributed by atoms with Gasteiger partial charge < -0.3 is 4.43 Å². The van der Waals surface area contributed by atoms with Crippen molar-refractivity contribution in [1.82, 2.24) is 0 Å². The topological polar surface area (TPSA) is 26.3 Å². The highest BCUT2D eigenvalue weighted by Crippen LogP contribution is 2.40. The summed E-state index contributed by atoms with van der Waals surface area (Å²) < 4.78 is 19.8. The third-order valence-electron chi connectivity index (χ3n) is 3.37. The van der Waals surface area contributed by atoms with Crippen molar-refractivity contribution in [2.75, 3.05) is 0 Å². The van der Waals surface area contributed by atoms with E-state index in [4.69, 9.17) is 4.43 Å². The second-order valence-corrected chi connectivity index (χ2v) is 11.3. The Kier molecular flexibility index (Phi) is 4.38. The summed E-state index contributed by atoms with van der Waals surface area (Å²) in [7, 11) is -2.10. The van der Waals surface area contributed by atoms with E-state index in [1.165, 1.54) is 12.1 Å². The zero-order chi connectivity index (χ0) is 14.1. The molecule has 0 saturated carbocycles. The summed E-state index contributed by atoms with van der Waals surface area (Å²) in [6, 6.07) is 2.70. The van der Waals surface area contributed by atoms with Crippen molar-refractivity contribution in [2.24, 2.45) is 0 Å². The van der Waals surface area contributed by atoms with Crippen LogP contribution in [-0.2, 0) is 0 Å². The van der Waals surface area contributed by atoms with E-state index in [0.717, 1.165) is 0 Å². The predicted octanol–water partition coefficient (Wildman–Crippen LogP) is 4.78. The van der Waals surface area contributed by atoms with Crippen LogP contribution in [0.2, 0.25) is 18.1 Å². The van der Waals surface area contributed by atoms with Gasteiger partial charge in [-0.1, -0.05) is 20.8 Å². The number of halogens is 2. The molecule has 0 saturated heterocycles. The molecule has 5 heteroatoms. The number of aldehydes is 1. The van der Waals surface area contributed by atoms with Gasteiger partial charge >= 0.3 is 0 Å². The molecule has 1 aromatic rings. The van der Waals surface area contributed by atoms with Crippen LogP contribution in [0.1, 0.15) is 31.1 Å². The van der Waals surface area contributed by atoms with Crippen LogP contribution in [0.5, 0.6) is 5.75 Å². The average molecular weight is 333 g/mol. The molecule has 1 aromatic carbocycles. The maximum absolute atomic E-state index is 13.5. The lowest BCUT2D eigenvalue weighted by atomic mass is 10.2. The molecule has 0 N–H and O–H groups in total. The van der Waals surface area contributed by atoms with Crippen molar-refractivity contribution < 1.29 is 13.6 Å². The second kappa shape index (κ2) is 5.13. The summed E-state index contributed by atoms with van der Waals surface area (Å²) in [6.07, 6.45) is 0.687. The Morgan fingerprint density at radius 3 is 2.33 bits per heavy atom. The van der Waals surface area contributed by atoms with Crippen LogP contribution in [-0.4, -0.2) is 14.6 Å². The molecule has 1 rings (SSSR count). The van der Waals surface area contributed by atoms with Crippen LogP contribution in [0.4, 0.5) is 4.39 Å². The Morgan fingerprint density at radius 2 is 1.89 bits per heavy atom. The summed E-state index contributed by atoms with van der Waals surface area (Å²) >= 11 is 3.15. The monoisotopic (exact) mass is 332 g/mol. The molecular formula is C13H18BrFO2Si. The Bertz CT molecular complexity index is 467. The quantitative estimate of drug-likeness (QED) is 0.587. The number of carbonyl (C=O) groups excluding carboxylic acids is 1. The molecule has 0 bridgehead atoms. The molecule has 0 spiro atoms. The van der Waals surface area contributed by atoms with Gasteiger partial charge in [0.05, 0.1) is 10.0 Å². The fourth-order valence-corrected chi connectivity index (χ4v) is 2.78. The molecular weight excluding hydrogens is 315 g/mol. The molecule has 0 amide bonds. The van der Waals surface area contributed by atoms with Gasteiger partial charge in [-0.05, 0) is 46.2 Å². The minimum absolute atomic E-state index is 0.0150. The zero-order valence-corrected chi connectivity index (χ0v) is 13.9. The number of carbonyl (C=O) groups is 1. The van der Waals surface area contributed by atoms with Crippen molar-refractivity contribution in [3.05, 3.63) is 28.0 Å². The van der Waals surface area contributed by atoms with Crippen molar-refractivity contribution in [3.8, 4) is 5.75 Å². The summed E-state index contributed by atoms with van der Waals surface area (Å²) in [5.74, 6) is -0.106. The van der Waals surface area contributed by atoms with E-state index in [0.29, 0.717) is 17.6 Å². The van der Waals surface area contributed by atoms with Crippen LogP contribution in [0.15, 0.2) is 16.6 Å². The molecule has 18 heavy (non-hydrogen) atoms. The van der Waals surface area contributed by atoms with E-state index in [1.54, 1.807) is 0 Å². The highest BCUT2D eigenvalue weighted by atomic mass is 79.9. The third-order valence-corrected chi connectivity index (χ3v) is 8.44. The van der Waals surface area contributed by atoms with Gasteiger partial charge in [-0.3, -0.25) is 4.79 Å². The van der Waals surface area contributed by atoms with Crippen molar-refractivity contribution >= 4 is 30.5 Å². The maximum atomic E-state index is 13.5. The lowest BCUT2D eigenvalue weighted by molar-refractivity contribution is 0.112. The predicted molar refractivity (Wildman–Crippen MR) is 77.3 cm³/mol. The van der Waals surface area contributed by atoms with Crippen molar-refractivity contribution in [3.63, 3.8) is 0 Å². The molecule has 0 unspecified atom stereocenters. The Morgan fingerprint density at radius 1 is 1.33 bits per heavy atom. The first-order chi connectivity index (χ1) is 8.10. The van der Waals surface area contributed by atoms with E-state index in [2.05, 4.69) is 49.8 Å². The fraction of sp³-hybridized carbons (Fsp3) is 0.462. The Labute approximate surface area is 117 Å². The van der Waals surface area contributed by atoms with Crippen molar-refractivity contribution in [2.45, 2.75) is 38.9 Å². The van der Waals surface area contributed by atoms with Gasteiger partial charge in [-0.15, -0.1) is 0 Å². The molecule has 0 fully saturated rings. The first kappa shape index (κ1) is 15.4. The standard InChI is InChI=1S/C13H18BrFO2Si/c1-13(2,3)18(4,5)17-12-9(8-16)6-7-10(15)11(12)14/h6-8H,1-5H3. The summed E-state index contributed by atoms with van der Waals surface area (Å²) in [5.41, 5.74) is 0.369. The van der Waals surface area contributed by atoms with Crippen molar-refractivity contribution in [1.29, 1.82) is 0 Å². The third kappa shape index (κ3) is 3.01. The fourth-order valence-electron chi connectivity index (χ4n) is 1.15. The molecule has 0 heterocycles. The Hall–Kier alpha value is -0.683. The van der Waals surface area contributed by atoms with E-state index in [1.807, 2.05) is 0 Å². The maximum Gasteiger partial charge on any atom is 0.250 e. The van der Waals surface area contributed by atoms with Crippen LogP contribution in [0, 0.1) is 5.82 Å². The van der Waals surface area contributed by atoms with E-state index in [-0.39, 0.29) is 9.51 Å². The van der Waals surface area contributed by atoms with E-state index in [9.17, 15) is 9.18 Å². The lowest BCUT2D eigenvalue weighted by Crippen LogP contribution is -2.44. The molecule has 0 aliphatic carbocycles.